The van der Waals surface area contributed by atoms with Gasteiger partial charge >= 0.3 is 0 Å². The van der Waals surface area contributed by atoms with Crippen LogP contribution in [0.25, 0.3) is 44.9 Å². The van der Waals surface area contributed by atoms with Gasteiger partial charge in [-0.15, -0.1) is 0 Å². The van der Waals surface area contributed by atoms with E-state index in [0.29, 0.717) is 24.7 Å². The number of amides is 1. The Morgan fingerprint density at radius 3 is 2.74 bits per heavy atom. The number of aryl methyl sites for hydroxylation is 1. The largest absolute Gasteiger partial charge is 0.351 e. The average molecular weight is 455 g/mol. The third kappa shape index (κ3) is 3.96. The number of imidazole rings is 1. The van der Waals surface area contributed by atoms with E-state index in [0.717, 1.165) is 59.1 Å². The summed E-state index contributed by atoms with van der Waals surface area (Å²) < 4.78 is 7.57. The van der Waals surface area contributed by atoms with Crippen LogP contribution in [0.15, 0.2) is 59.4 Å². The Hall–Kier alpha value is -3.94. The van der Waals surface area contributed by atoms with Crippen molar-refractivity contribution in [1.29, 1.82) is 0 Å². The second kappa shape index (κ2) is 8.78. The number of benzene rings is 2. The fourth-order valence-electron chi connectivity index (χ4n) is 4.71. The number of rotatable bonds is 5. The predicted octanol–water partition coefficient (Wildman–Crippen LogP) is 5.03. The van der Waals surface area contributed by atoms with Gasteiger partial charge in [0.15, 0.2) is 0 Å². The monoisotopic (exact) mass is 454 g/mol. The number of hydrogen-bond donors (Lipinski definition) is 1. The number of fused-ring (bicyclic) bond motifs is 2. The molecule has 1 N–H and O–H groups in total. The van der Waals surface area contributed by atoms with Crippen LogP contribution >= 0.6 is 0 Å². The second-order valence-corrected chi connectivity index (χ2v) is 8.88. The molecule has 0 radical (unpaired) electrons. The minimum absolute atomic E-state index is 0.233. The molecule has 0 saturated carbocycles. The molecule has 1 saturated heterocycles. The summed E-state index contributed by atoms with van der Waals surface area (Å²) in [4.78, 5) is 27.1. The van der Waals surface area contributed by atoms with Gasteiger partial charge in [0.05, 0.1) is 17.4 Å². The number of carbonyl (C=O) groups excluding carboxylic acids is 1. The number of aromatic amines is 1. The first-order valence-corrected chi connectivity index (χ1v) is 11.9. The zero-order chi connectivity index (χ0) is 22.9. The van der Waals surface area contributed by atoms with Gasteiger partial charge in [0.2, 0.25) is 11.7 Å². The minimum atomic E-state index is 0.233. The summed E-state index contributed by atoms with van der Waals surface area (Å²) in [7, 11) is 0. The summed E-state index contributed by atoms with van der Waals surface area (Å²) >= 11 is 0. The number of hydrogen-bond acceptors (Lipinski definition) is 5. The van der Waals surface area contributed by atoms with E-state index in [-0.39, 0.29) is 5.91 Å². The smallest absolute Gasteiger partial charge is 0.274 e. The van der Waals surface area contributed by atoms with Crippen molar-refractivity contribution in [1.82, 2.24) is 29.6 Å². The maximum Gasteiger partial charge on any atom is 0.274 e. The van der Waals surface area contributed by atoms with Crippen molar-refractivity contribution < 1.29 is 9.32 Å². The van der Waals surface area contributed by atoms with Crippen molar-refractivity contribution in [3.63, 3.8) is 0 Å². The molecular weight excluding hydrogens is 428 g/mol. The number of carbonyl (C=O) groups is 1. The Kier molecular flexibility index (Phi) is 5.33. The Balaban J connectivity index is 1.18. The number of H-pyrrole nitrogens is 1. The summed E-state index contributed by atoms with van der Waals surface area (Å²) in [6.07, 6.45) is 6.97. The lowest BCUT2D eigenvalue weighted by molar-refractivity contribution is -0.131. The standard InChI is InChI=1S/C26H26N6O2/c33-24(31-12-5-1-2-6-13-31)11-14-32-17-27-21-16-19(9-10-23(21)32)25-29-26(34-30-25)22-15-18-7-3-4-8-20(18)28-22/h3-4,7-10,15-17,28H,1-2,5-6,11-14H2. The van der Waals surface area contributed by atoms with Crippen molar-refractivity contribution in [2.75, 3.05) is 13.1 Å². The topological polar surface area (TPSA) is 92.8 Å². The van der Waals surface area contributed by atoms with E-state index >= 15 is 0 Å². The van der Waals surface area contributed by atoms with Gasteiger partial charge in [0.25, 0.3) is 5.89 Å². The predicted molar refractivity (Wildman–Crippen MR) is 130 cm³/mol. The third-order valence-electron chi connectivity index (χ3n) is 6.59. The van der Waals surface area contributed by atoms with Crippen LogP contribution in [0.1, 0.15) is 32.1 Å². The molecule has 1 aliphatic heterocycles. The lowest BCUT2D eigenvalue weighted by Gasteiger charge is -2.20. The Morgan fingerprint density at radius 1 is 1.03 bits per heavy atom. The highest BCUT2D eigenvalue weighted by atomic mass is 16.5. The molecule has 0 spiro atoms. The first-order valence-electron chi connectivity index (χ1n) is 11.9. The Morgan fingerprint density at radius 2 is 1.88 bits per heavy atom. The van der Waals surface area contributed by atoms with E-state index in [2.05, 4.69) is 20.1 Å². The van der Waals surface area contributed by atoms with Gasteiger partial charge in [-0.05, 0) is 43.2 Å². The van der Waals surface area contributed by atoms with Crippen LogP contribution < -0.4 is 0 Å². The van der Waals surface area contributed by atoms with E-state index in [9.17, 15) is 4.79 Å². The molecule has 8 nitrogen and oxygen atoms in total. The van der Waals surface area contributed by atoms with Crippen molar-refractivity contribution >= 4 is 27.8 Å². The maximum atomic E-state index is 12.7. The number of nitrogens with zero attached hydrogens (tertiary/aromatic N) is 5. The molecule has 0 unspecified atom stereocenters. The lowest BCUT2D eigenvalue weighted by atomic mass is 10.2. The summed E-state index contributed by atoms with van der Waals surface area (Å²) in [6, 6.07) is 16.0. The minimum Gasteiger partial charge on any atom is -0.351 e. The zero-order valence-corrected chi connectivity index (χ0v) is 18.9. The summed E-state index contributed by atoms with van der Waals surface area (Å²) in [5, 5.41) is 5.27. The summed E-state index contributed by atoms with van der Waals surface area (Å²) in [5.74, 6) is 1.20. The molecule has 0 bridgehead atoms. The quantitative estimate of drug-likeness (QED) is 0.402. The Bertz CT molecular complexity index is 1420. The third-order valence-corrected chi connectivity index (χ3v) is 6.59. The molecule has 0 aliphatic carbocycles. The summed E-state index contributed by atoms with van der Waals surface area (Å²) in [5.41, 5.74) is 4.49. The highest BCUT2D eigenvalue weighted by Crippen LogP contribution is 2.27. The van der Waals surface area contributed by atoms with Crippen molar-refractivity contribution in [2.24, 2.45) is 0 Å². The van der Waals surface area contributed by atoms with Crippen molar-refractivity contribution in [2.45, 2.75) is 38.6 Å². The van der Waals surface area contributed by atoms with Crippen LogP contribution in [-0.2, 0) is 11.3 Å². The molecule has 1 amide bonds. The van der Waals surface area contributed by atoms with Crippen LogP contribution in [0.5, 0.6) is 0 Å². The molecule has 3 aromatic heterocycles. The van der Waals surface area contributed by atoms with Crippen LogP contribution in [0.4, 0.5) is 0 Å². The van der Waals surface area contributed by atoms with Gasteiger partial charge in [-0.1, -0.05) is 36.2 Å². The molecule has 1 fully saturated rings. The van der Waals surface area contributed by atoms with Crippen LogP contribution in [0, 0.1) is 0 Å². The van der Waals surface area contributed by atoms with Crippen LogP contribution in [-0.4, -0.2) is 48.6 Å². The number of likely N-dealkylation sites (tertiary alicyclic amines) is 1. The molecule has 8 heteroatoms. The fourth-order valence-corrected chi connectivity index (χ4v) is 4.71. The fraction of sp³-hybridized carbons (Fsp3) is 0.308. The molecule has 2 aromatic carbocycles. The average Bonchev–Trinajstić information content (AvgIpc) is 3.56. The highest BCUT2D eigenvalue weighted by molar-refractivity contribution is 5.85. The number of nitrogens with one attached hydrogen (secondary N) is 1. The lowest BCUT2D eigenvalue weighted by Crippen LogP contribution is -2.32. The normalized spacial score (nSPS) is 14.6. The molecule has 6 rings (SSSR count). The molecule has 4 heterocycles. The van der Waals surface area contributed by atoms with E-state index in [1.807, 2.05) is 58.0 Å². The SMILES string of the molecule is O=C(CCn1cnc2cc(-c3noc(-c4cc5ccccc5[nH]4)n3)ccc21)N1CCCCCC1. The van der Waals surface area contributed by atoms with Crippen molar-refractivity contribution in [3.05, 3.63) is 54.9 Å². The van der Waals surface area contributed by atoms with Gasteiger partial charge in [0, 0.05) is 42.5 Å². The van der Waals surface area contributed by atoms with E-state index in [1.165, 1.54) is 12.8 Å². The Labute approximate surface area is 196 Å². The zero-order valence-electron chi connectivity index (χ0n) is 18.9. The van der Waals surface area contributed by atoms with E-state index in [1.54, 1.807) is 6.33 Å². The molecule has 1 aliphatic rings. The van der Waals surface area contributed by atoms with Gasteiger partial charge in [-0.2, -0.15) is 4.98 Å². The summed E-state index contributed by atoms with van der Waals surface area (Å²) in [6.45, 7) is 2.40. The molecule has 5 aromatic rings. The van der Waals surface area contributed by atoms with E-state index < -0.39 is 0 Å². The van der Waals surface area contributed by atoms with Crippen LogP contribution in [0.2, 0.25) is 0 Å². The van der Waals surface area contributed by atoms with Gasteiger partial charge in [0.1, 0.15) is 5.69 Å². The first-order chi connectivity index (χ1) is 16.7. The molecular formula is C26H26N6O2. The molecule has 172 valence electrons. The van der Waals surface area contributed by atoms with Crippen molar-refractivity contribution in [3.8, 4) is 23.0 Å². The van der Waals surface area contributed by atoms with Gasteiger partial charge < -0.3 is 19.0 Å². The van der Waals surface area contributed by atoms with Gasteiger partial charge in [-0.25, -0.2) is 4.98 Å². The van der Waals surface area contributed by atoms with Crippen LogP contribution in [0.3, 0.4) is 0 Å². The first kappa shape index (κ1) is 20.7. The number of aromatic nitrogens is 5. The number of para-hydroxylation sites is 1. The molecule has 0 atom stereocenters. The maximum absolute atomic E-state index is 12.7. The van der Waals surface area contributed by atoms with Gasteiger partial charge in [-0.3, -0.25) is 4.79 Å². The van der Waals surface area contributed by atoms with E-state index in [4.69, 9.17) is 4.52 Å². The second-order valence-electron chi connectivity index (χ2n) is 8.88. The molecule has 34 heavy (non-hydrogen) atoms. The highest BCUT2D eigenvalue weighted by Gasteiger charge is 2.17.